The summed E-state index contributed by atoms with van der Waals surface area (Å²) in [6.07, 6.45) is 4.76. The van der Waals surface area contributed by atoms with E-state index in [4.69, 9.17) is 4.74 Å². The van der Waals surface area contributed by atoms with Crippen LogP contribution in [-0.4, -0.2) is 74.7 Å². The first kappa shape index (κ1) is 28.2. The lowest BCUT2D eigenvalue weighted by Crippen LogP contribution is -2.42. The Morgan fingerprint density at radius 2 is 2.05 bits per heavy atom. The number of piperidine rings is 1. The number of carbonyl (C=O) groups is 2. The van der Waals surface area contributed by atoms with E-state index in [1.807, 2.05) is 24.3 Å². The fourth-order valence-corrected chi connectivity index (χ4v) is 9.20. The number of rotatable bonds is 9. The van der Waals surface area contributed by atoms with Crippen LogP contribution in [0.15, 0.2) is 24.3 Å². The number of likely N-dealkylation sites (tertiary alicyclic amines) is 1. The number of amides is 2. The number of hydrogen-bond acceptors (Lipinski definition) is 5. The van der Waals surface area contributed by atoms with Crippen LogP contribution in [0.3, 0.4) is 0 Å². The van der Waals surface area contributed by atoms with Crippen LogP contribution >= 0.6 is 0 Å². The minimum Gasteiger partial charge on any atom is -0.394 e. The van der Waals surface area contributed by atoms with Gasteiger partial charge in [-0.15, -0.1) is 0 Å². The smallest absolute Gasteiger partial charge is 0.246 e. The maximum absolute atomic E-state index is 15.5. The van der Waals surface area contributed by atoms with Crippen molar-refractivity contribution in [2.75, 3.05) is 31.6 Å². The molecular formula is C28H44FN3O4Si. The summed E-state index contributed by atoms with van der Waals surface area (Å²) in [5.41, 5.74) is 1.66. The molecule has 4 rings (SSSR count). The van der Waals surface area contributed by atoms with E-state index >= 15 is 4.11 Å². The Morgan fingerprint density at radius 3 is 2.76 bits per heavy atom. The summed E-state index contributed by atoms with van der Waals surface area (Å²) in [6, 6.07) is 7.81. The van der Waals surface area contributed by atoms with Gasteiger partial charge in [-0.25, -0.2) is 0 Å². The van der Waals surface area contributed by atoms with E-state index < -0.39 is 14.5 Å². The molecule has 3 N–H and O–H groups in total. The van der Waals surface area contributed by atoms with Gasteiger partial charge in [-0.2, -0.15) is 0 Å². The molecule has 1 unspecified atom stereocenters. The normalized spacial score (nSPS) is 30.5. The van der Waals surface area contributed by atoms with Crippen LogP contribution < -0.4 is 10.6 Å². The van der Waals surface area contributed by atoms with Gasteiger partial charge >= 0.3 is 0 Å². The van der Waals surface area contributed by atoms with Crippen molar-refractivity contribution in [2.45, 2.75) is 88.8 Å². The van der Waals surface area contributed by atoms with Crippen molar-refractivity contribution >= 4 is 25.9 Å². The van der Waals surface area contributed by atoms with Gasteiger partial charge in [-0.1, -0.05) is 19.1 Å². The molecule has 0 bridgehead atoms. The quantitative estimate of drug-likeness (QED) is 0.331. The monoisotopic (exact) mass is 533 g/mol. The molecule has 3 fully saturated rings. The lowest BCUT2D eigenvalue weighted by molar-refractivity contribution is -0.135. The first-order valence-corrected chi connectivity index (χ1v) is 17.0. The number of halogens is 1. The molecule has 2 amide bonds. The van der Waals surface area contributed by atoms with Crippen LogP contribution in [0.1, 0.15) is 51.0 Å². The highest BCUT2D eigenvalue weighted by atomic mass is 28.4. The zero-order valence-corrected chi connectivity index (χ0v) is 23.5. The van der Waals surface area contributed by atoms with Crippen molar-refractivity contribution in [3.8, 4) is 0 Å². The number of anilines is 1. The number of nitrogens with zero attached hydrogens (tertiary/aromatic N) is 1. The predicted molar refractivity (Wildman–Crippen MR) is 146 cm³/mol. The second kappa shape index (κ2) is 12.4. The molecule has 0 spiro atoms. The average molecular weight is 534 g/mol. The highest BCUT2D eigenvalue weighted by Gasteiger charge is 2.52. The molecule has 0 radical (unpaired) electrons. The molecule has 0 aromatic heterocycles. The van der Waals surface area contributed by atoms with E-state index in [1.54, 1.807) is 18.0 Å². The van der Waals surface area contributed by atoms with Crippen LogP contribution in [-0.2, 0) is 20.7 Å². The fourth-order valence-electron chi connectivity index (χ4n) is 6.65. The number of aryl methyl sites for hydroxylation is 1. The van der Waals surface area contributed by atoms with Crippen molar-refractivity contribution < 1.29 is 23.5 Å². The van der Waals surface area contributed by atoms with Crippen molar-refractivity contribution in [3.05, 3.63) is 29.8 Å². The van der Waals surface area contributed by atoms with Crippen molar-refractivity contribution in [1.82, 2.24) is 10.2 Å². The number of aliphatic hydroxyl groups is 1. The molecule has 7 nitrogen and oxygen atoms in total. The van der Waals surface area contributed by atoms with Crippen molar-refractivity contribution in [1.29, 1.82) is 0 Å². The van der Waals surface area contributed by atoms with Gasteiger partial charge < -0.3 is 29.5 Å². The van der Waals surface area contributed by atoms with Crippen LogP contribution in [0.4, 0.5) is 9.80 Å². The number of aliphatic hydroxyl groups excluding tert-OH is 1. The minimum atomic E-state index is -3.07. The molecule has 1 aromatic carbocycles. The standard InChI is InChI=1S/C28H44FN3O4Si/c1-19-24(12-11-20-7-4-9-22(15-20)31-28(35)21-8-5-13-30-17-21)36-25(27(19)37(2,3)29)16-26(34)32-14-6-10-23(32)18-33/h4,7,9,15,19,21,23-25,27,30,33H,5-6,8,10-14,16-18H2,1-3H3,(H,31,35)/t19-,21?,23-,24+,25-,27+/m0/s1. The number of ether oxygens (including phenoxy) is 1. The van der Waals surface area contributed by atoms with E-state index in [1.165, 1.54) is 0 Å². The summed E-state index contributed by atoms with van der Waals surface area (Å²) >= 11 is 0. The molecule has 206 valence electrons. The Hall–Kier alpha value is -1.81. The van der Waals surface area contributed by atoms with Crippen molar-refractivity contribution in [3.63, 3.8) is 0 Å². The van der Waals surface area contributed by atoms with E-state index in [0.717, 1.165) is 62.9 Å². The molecule has 3 saturated heterocycles. The predicted octanol–water partition coefficient (Wildman–Crippen LogP) is 3.88. The molecule has 0 aliphatic carbocycles. The number of carbonyl (C=O) groups excluding carboxylic acids is 2. The van der Waals surface area contributed by atoms with Crippen molar-refractivity contribution in [2.24, 2.45) is 11.8 Å². The van der Waals surface area contributed by atoms with E-state index in [0.29, 0.717) is 6.54 Å². The molecule has 0 saturated carbocycles. The first-order valence-electron chi connectivity index (χ1n) is 14.0. The third kappa shape index (κ3) is 6.99. The molecular weight excluding hydrogens is 489 g/mol. The molecule has 9 heteroatoms. The zero-order chi connectivity index (χ0) is 26.6. The largest absolute Gasteiger partial charge is 0.394 e. The van der Waals surface area contributed by atoms with Crippen LogP contribution in [0.25, 0.3) is 0 Å². The molecule has 6 atom stereocenters. The van der Waals surface area contributed by atoms with E-state index in [9.17, 15) is 14.7 Å². The van der Waals surface area contributed by atoms with Crippen LogP contribution in [0.5, 0.6) is 0 Å². The van der Waals surface area contributed by atoms with Crippen LogP contribution in [0, 0.1) is 11.8 Å². The van der Waals surface area contributed by atoms with Gasteiger partial charge in [0.1, 0.15) is 0 Å². The Labute approximate surface area is 221 Å². The van der Waals surface area contributed by atoms with Crippen LogP contribution in [0.2, 0.25) is 18.6 Å². The summed E-state index contributed by atoms with van der Waals surface area (Å²) in [6.45, 7) is 7.83. The van der Waals surface area contributed by atoms with Gasteiger partial charge in [0.2, 0.25) is 20.2 Å². The van der Waals surface area contributed by atoms with E-state index in [-0.39, 0.29) is 54.4 Å². The first-order chi connectivity index (χ1) is 17.7. The summed E-state index contributed by atoms with van der Waals surface area (Å²) in [7, 11) is -3.07. The van der Waals surface area contributed by atoms with Gasteiger partial charge in [0, 0.05) is 24.3 Å². The topological polar surface area (TPSA) is 90.9 Å². The molecule has 37 heavy (non-hydrogen) atoms. The zero-order valence-electron chi connectivity index (χ0n) is 22.5. The molecule has 3 heterocycles. The Balaban J connectivity index is 1.36. The highest BCUT2D eigenvalue weighted by Crippen LogP contribution is 2.47. The molecule has 3 aliphatic heterocycles. The maximum Gasteiger partial charge on any atom is 0.246 e. The second-order valence-corrected chi connectivity index (χ2v) is 15.5. The Morgan fingerprint density at radius 1 is 1.24 bits per heavy atom. The number of hydrogen-bond donors (Lipinski definition) is 3. The molecule has 3 aliphatic rings. The SMILES string of the molecule is C[C@@H]1[C@@H]([Si](C)(C)F)[C@H](CC(=O)N2CCC[C@H]2CO)O[C@@H]1CCc1cccc(NC(=O)C2CCCNC2)c1. The third-order valence-electron chi connectivity index (χ3n) is 8.56. The molecule has 1 aromatic rings. The van der Waals surface area contributed by atoms with Gasteiger partial charge in [-0.05, 0) is 81.8 Å². The lowest BCUT2D eigenvalue weighted by Gasteiger charge is -2.30. The van der Waals surface area contributed by atoms with Gasteiger partial charge in [-0.3, -0.25) is 9.59 Å². The minimum absolute atomic E-state index is 0.00293. The lowest BCUT2D eigenvalue weighted by atomic mass is 9.95. The average Bonchev–Trinajstić information content (AvgIpc) is 3.47. The third-order valence-corrected chi connectivity index (χ3v) is 11.0. The number of benzene rings is 1. The Kier molecular flexibility index (Phi) is 9.42. The fraction of sp³-hybridized carbons (Fsp3) is 0.714. The Bertz CT molecular complexity index is 936. The van der Waals surface area contributed by atoms with Gasteiger partial charge in [0.15, 0.2) is 0 Å². The second-order valence-electron chi connectivity index (χ2n) is 11.7. The van der Waals surface area contributed by atoms with E-state index in [2.05, 4.69) is 17.6 Å². The van der Waals surface area contributed by atoms with Gasteiger partial charge in [0.25, 0.3) is 0 Å². The summed E-state index contributed by atoms with van der Waals surface area (Å²) in [5.74, 6) is 0.0554. The highest BCUT2D eigenvalue weighted by molar-refractivity contribution is 6.72. The maximum atomic E-state index is 15.5. The van der Waals surface area contributed by atoms with Gasteiger partial charge in [0.05, 0.1) is 37.2 Å². The summed E-state index contributed by atoms with van der Waals surface area (Å²) in [4.78, 5) is 27.5. The summed E-state index contributed by atoms with van der Waals surface area (Å²) in [5, 5.41) is 16.0. The summed E-state index contributed by atoms with van der Waals surface area (Å²) < 4.78 is 21.9. The number of nitrogens with one attached hydrogen (secondary N) is 2.